The molecule has 0 saturated carbocycles. The highest BCUT2D eigenvalue weighted by atomic mass is 16.5. The summed E-state index contributed by atoms with van der Waals surface area (Å²) in [6, 6.07) is 30.7. The highest BCUT2D eigenvalue weighted by Gasteiger charge is 2.37. The van der Waals surface area contributed by atoms with Crippen molar-refractivity contribution < 1.29 is 42.8 Å². The quantitative estimate of drug-likeness (QED) is 0.0687. The highest BCUT2D eigenvalue weighted by Crippen LogP contribution is 2.39. The Morgan fingerprint density at radius 3 is 2.01 bits per heavy atom. The summed E-state index contributed by atoms with van der Waals surface area (Å²) in [5, 5.41) is 3.56. The second kappa shape index (κ2) is 23.3. The molecule has 2 atom stereocenters. The van der Waals surface area contributed by atoms with Crippen molar-refractivity contribution in [2.24, 2.45) is 5.73 Å². The number of nitrogens with two attached hydrogens (primary N) is 1. The Morgan fingerprint density at radius 2 is 1.33 bits per heavy atom. The lowest BCUT2D eigenvalue weighted by atomic mass is 9.93. The molecule has 72 heavy (non-hydrogen) atoms. The van der Waals surface area contributed by atoms with Crippen LogP contribution in [0.25, 0.3) is 0 Å². The zero-order valence-corrected chi connectivity index (χ0v) is 42.1. The summed E-state index contributed by atoms with van der Waals surface area (Å²) in [7, 11) is 5.28. The minimum Gasteiger partial charge on any atom is -0.493 e. The Bertz CT molecular complexity index is 2750. The van der Waals surface area contributed by atoms with Crippen LogP contribution in [0.3, 0.4) is 0 Å². The number of aryl methyl sites for hydroxylation is 1. The van der Waals surface area contributed by atoms with Crippen molar-refractivity contribution in [1.82, 2.24) is 9.80 Å². The smallest absolute Gasteiger partial charge is 0.256 e. The number of nitrogens with zero attached hydrogens (tertiary/aromatic N) is 4. The summed E-state index contributed by atoms with van der Waals surface area (Å²) < 4.78 is 36.0. The maximum Gasteiger partial charge on any atom is 0.256 e. The molecular formula is C57H68N6O9. The molecule has 3 N–H and O–H groups in total. The van der Waals surface area contributed by atoms with Crippen molar-refractivity contribution >= 4 is 34.7 Å². The molecule has 0 unspecified atom stereocenters. The van der Waals surface area contributed by atoms with E-state index < -0.39 is 0 Å². The van der Waals surface area contributed by atoms with Crippen LogP contribution in [0.15, 0.2) is 91.0 Å². The Balaban J connectivity index is 0.974. The number of methoxy groups -OCH3 is 2. The van der Waals surface area contributed by atoms with Crippen molar-refractivity contribution in [3.8, 4) is 17.2 Å². The highest BCUT2D eigenvalue weighted by molar-refractivity contribution is 6.02. The van der Waals surface area contributed by atoms with Gasteiger partial charge in [0.15, 0.2) is 11.5 Å². The standard InChI is InChI=1S/C57H68N6O9/c1-38-22-50-52(60(2)35-47-27-42-11-6-8-13-44(42)34-63(47)57(50)66)30-53(38)71-36-39-23-40(25-45(24-39)61(15-9-14-48(64)31-58)16-17-69-20-21-70-19-18-67-3)37-72-55-29-51-49(28-54(55)68-4)56(65)62-33-43-12-7-5-10-41(43)26-46(62)32-59-51/h5-8,10-13,22-25,28-30,46-47,59H,9,14-21,26-27,31-37,58H2,1-4H3/t46-,47-/m0/s1. The number of nitrogens with one attached hydrogen (secondary N) is 1. The van der Waals surface area contributed by atoms with E-state index in [1.54, 1.807) is 20.3 Å². The second-order valence-electron chi connectivity index (χ2n) is 19.2. The summed E-state index contributed by atoms with van der Waals surface area (Å²) in [6.07, 6.45) is 2.56. The molecule has 380 valence electrons. The molecule has 0 aliphatic carbocycles. The molecule has 0 aromatic heterocycles. The van der Waals surface area contributed by atoms with Gasteiger partial charge in [-0.05, 0) is 95.5 Å². The van der Waals surface area contributed by atoms with E-state index in [4.69, 9.17) is 34.2 Å². The predicted octanol–water partition coefficient (Wildman–Crippen LogP) is 6.97. The van der Waals surface area contributed by atoms with Crippen LogP contribution in [0.5, 0.6) is 17.2 Å². The zero-order valence-electron chi connectivity index (χ0n) is 42.1. The van der Waals surface area contributed by atoms with Gasteiger partial charge in [0.25, 0.3) is 11.8 Å². The molecule has 0 radical (unpaired) electrons. The first-order chi connectivity index (χ1) is 35.1. The van der Waals surface area contributed by atoms with Gasteiger partial charge in [-0.25, -0.2) is 0 Å². The maximum absolute atomic E-state index is 14.3. The molecule has 15 heteroatoms. The molecule has 9 rings (SSSR count). The number of hydrogen-bond donors (Lipinski definition) is 2. The number of likely N-dealkylation sites (N-methyl/N-ethyl adjacent to an activating group) is 1. The van der Waals surface area contributed by atoms with Gasteiger partial charge in [-0.15, -0.1) is 0 Å². The van der Waals surface area contributed by atoms with Gasteiger partial charge in [0.2, 0.25) is 0 Å². The van der Waals surface area contributed by atoms with Gasteiger partial charge in [-0.2, -0.15) is 0 Å². The number of benzene rings is 5. The van der Waals surface area contributed by atoms with E-state index in [9.17, 15) is 14.4 Å². The Kier molecular flexibility index (Phi) is 16.3. The van der Waals surface area contributed by atoms with E-state index in [1.165, 1.54) is 22.3 Å². The fourth-order valence-corrected chi connectivity index (χ4v) is 10.4. The monoisotopic (exact) mass is 981 g/mol. The Morgan fingerprint density at radius 1 is 0.708 bits per heavy atom. The molecule has 4 aliphatic heterocycles. The first kappa shape index (κ1) is 50.3. The van der Waals surface area contributed by atoms with Crippen molar-refractivity contribution in [3.63, 3.8) is 0 Å². The van der Waals surface area contributed by atoms with Crippen molar-refractivity contribution in [2.45, 2.75) is 71.0 Å². The summed E-state index contributed by atoms with van der Waals surface area (Å²) in [4.78, 5) is 49.2. The number of Topliss-reactive ketones (excluding diaryl/α,β-unsaturated/α-hetero) is 1. The molecule has 2 amide bonds. The number of ketones is 1. The third kappa shape index (κ3) is 11.5. The van der Waals surface area contributed by atoms with Crippen molar-refractivity contribution in [3.05, 3.63) is 141 Å². The van der Waals surface area contributed by atoms with Gasteiger partial charge in [-0.3, -0.25) is 14.4 Å². The van der Waals surface area contributed by atoms with E-state index in [-0.39, 0.29) is 49.4 Å². The number of fused-ring (bicyclic) bond motifs is 6. The summed E-state index contributed by atoms with van der Waals surface area (Å²) in [5.41, 5.74) is 16.9. The molecule has 4 heterocycles. The van der Waals surface area contributed by atoms with Crippen molar-refractivity contribution in [1.29, 1.82) is 0 Å². The predicted molar refractivity (Wildman–Crippen MR) is 278 cm³/mol. The lowest BCUT2D eigenvalue weighted by molar-refractivity contribution is -0.117. The van der Waals surface area contributed by atoms with Gasteiger partial charge in [0.1, 0.15) is 24.7 Å². The number of carbonyl (C=O) groups excluding carboxylic acids is 3. The molecule has 0 fully saturated rings. The molecule has 5 aromatic carbocycles. The van der Waals surface area contributed by atoms with E-state index in [0.717, 1.165) is 40.9 Å². The van der Waals surface area contributed by atoms with Gasteiger partial charge >= 0.3 is 0 Å². The van der Waals surface area contributed by atoms with E-state index >= 15 is 0 Å². The molecule has 15 nitrogen and oxygen atoms in total. The molecule has 5 aromatic rings. The van der Waals surface area contributed by atoms with Crippen LogP contribution in [0.2, 0.25) is 0 Å². The molecule has 0 saturated heterocycles. The molecule has 0 bridgehead atoms. The number of amides is 2. The van der Waals surface area contributed by atoms with Crippen LogP contribution >= 0.6 is 0 Å². The average molecular weight is 981 g/mol. The largest absolute Gasteiger partial charge is 0.493 e. The number of anilines is 3. The minimum absolute atomic E-state index is 0.00257. The molecule has 4 aliphatic rings. The maximum atomic E-state index is 14.3. The van der Waals surface area contributed by atoms with E-state index in [1.807, 2.05) is 47.1 Å². The van der Waals surface area contributed by atoms with E-state index in [0.29, 0.717) is 119 Å². The van der Waals surface area contributed by atoms with E-state index in [2.05, 4.69) is 76.8 Å². The third-order valence-electron chi connectivity index (χ3n) is 14.3. The van der Waals surface area contributed by atoms with Crippen LogP contribution in [0.1, 0.15) is 72.5 Å². The van der Waals surface area contributed by atoms with Crippen LogP contribution in [0, 0.1) is 6.92 Å². The fourth-order valence-electron chi connectivity index (χ4n) is 10.4. The number of carbonyl (C=O) groups is 3. The molecular weight excluding hydrogens is 913 g/mol. The first-order valence-corrected chi connectivity index (χ1v) is 25.2. The van der Waals surface area contributed by atoms with Crippen molar-refractivity contribution in [2.75, 3.05) is 102 Å². The summed E-state index contributed by atoms with van der Waals surface area (Å²) >= 11 is 0. The fraction of sp³-hybridized carbons (Fsp3) is 0.421. The SMILES string of the molecule is COCCOCCOCCN(CCCC(=O)CN)c1cc(COc2cc3c(cc2C)C(=O)N2Cc4ccccc4C[C@H]2CN3C)cc(COc2cc3c(cc2OC)C(=O)N2Cc4ccccc4C[C@H]2CN3)c1. The van der Waals surface area contributed by atoms with Gasteiger partial charge < -0.3 is 59.1 Å². The van der Waals surface area contributed by atoms with Crippen LogP contribution in [0.4, 0.5) is 17.1 Å². The topological polar surface area (TPSA) is 158 Å². The number of hydrogen-bond acceptors (Lipinski definition) is 13. The Labute approximate surface area is 423 Å². The van der Waals surface area contributed by atoms with Gasteiger partial charge in [0, 0.05) is 77.7 Å². The lowest BCUT2D eigenvalue weighted by Crippen LogP contribution is -2.47. The average Bonchev–Trinajstić information content (AvgIpc) is 3.58. The van der Waals surface area contributed by atoms with Crippen LogP contribution < -0.4 is 35.1 Å². The number of ether oxygens (including phenoxy) is 6. The summed E-state index contributed by atoms with van der Waals surface area (Å²) in [5.74, 6) is 1.64. The minimum atomic E-state index is -0.0442. The zero-order chi connectivity index (χ0) is 50.1. The number of rotatable bonds is 22. The Hall–Kier alpha value is -6.65. The van der Waals surface area contributed by atoms with Crippen LogP contribution in [-0.4, -0.2) is 127 Å². The normalized spacial score (nSPS) is 16.8. The van der Waals surface area contributed by atoms with Gasteiger partial charge in [0.05, 0.1) is 81.3 Å². The van der Waals surface area contributed by atoms with Gasteiger partial charge in [-0.1, -0.05) is 48.5 Å². The first-order valence-electron chi connectivity index (χ1n) is 25.2. The summed E-state index contributed by atoms with van der Waals surface area (Å²) in [6.45, 7) is 8.29. The third-order valence-corrected chi connectivity index (χ3v) is 14.3. The second-order valence-corrected chi connectivity index (χ2v) is 19.2. The molecule has 0 spiro atoms. The van der Waals surface area contributed by atoms with Crippen LogP contribution in [-0.2, 0) is 58.2 Å². The lowest BCUT2D eigenvalue weighted by Gasteiger charge is -2.36.